The fraction of sp³-hybridized carbons (Fsp3) is 0.833. The molecule has 2 atom stereocenters. The number of amides is 1. The normalized spacial score (nSPS) is 23.6. The third-order valence-corrected chi connectivity index (χ3v) is 3.42. The molecule has 0 radical (unpaired) electrons. The number of carboxylic acid groups (broad SMARTS) is 1. The SMILES string of the molecule is CNC(=O)CCCNCC1CCCC1C(=O)O. The maximum atomic E-state index is 11.0. The van der Waals surface area contributed by atoms with Gasteiger partial charge in [-0.15, -0.1) is 0 Å². The zero-order valence-electron chi connectivity index (χ0n) is 10.4. The third-order valence-electron chi connectivity index (χ3n) is 3.42. The Labute approximate surface area is 102 Å². The van der Waals surface area contributed by atoms with Crippen LogP contribution in [-0.2, 0) is 9.59 Å². The number of carbonyl (C=O) groups is 2. The van der Waals surface area contributed by atoms with E-state index < -0.39 is 5.97 Å². The highest BCUT2D eigenvalue weighted by atomic mass is 16.4. The molecule has 0 aliphatic heterocycles. The fourth-order valence-corrected chi connectivity index (χ4v) is 2.39. The van der Waals surface area contributed by atoms with Crippen LogP contribution in [0.2, 0.25) is 0 Å². The molecule has 0 bridgehead atoms. The Kier molecular flexibility index (Phi) is 5.97. The van der Waals surface area contributed by atoms with Crippen molar-refractivity contribution in [3.05, 3.63) is 0 Å². The van der Waals surface area contributed by atoms with Gasteiger partial charge in [-0.25, -0.2) is 0 Å². The number of carboxylic acids is 1. The van der Waals surface area contributed by atoms with Crippen molar-refractivity contribution >= 4 is 11.9 Å². The summed E-state index contributed by atoms with van der Waals surface area (Å²) < 4.78 is 0. The van der Waals surface area contributed by atoms with Crippen LogP contribution in [0, 0.1) is 11.8 Å². The van der Waals surface area contributed by atoms with E-state index in [-0.39, 0.29) is 17.7 Å². The first-order valence-corrected chi connectivity index (χ1v) is 6.29. The number of carbonyl (C=O) groups excluding carboxylic acids is 1. The van der Waals surface area contributed by atoms with Gasteiger partial charge in [0.05, 0.1) is 5.92 Å². The van der Waals surface area contributed by atoms with Crippen LogP contribution in [0.25, 0.3) is 0 Å². The molecule has 0 aromatic rings. The molecule has 1 fully saturated rings. The molecule has 1 rings (SSSR count). The molecule has 1 amide bonds. The number of rotatable bonds is 7. The first kappa shape index (κ1) is 14.0. The Morgan fingerprint density at radius 1 is 1.35 bits per heavy atom. The van der Waals surface area contributed by atoms with Gasteiger partial charge in [-0.05, 0) is 38.3 Å². The Morgan fingerprint density at radius 2 is 2.12 bits per heavy atom. The molecular formula is C12H22N2O3. The molecule has 1 saturated carbocycles. The van der Waals surface area contributed by atoms with E-state index in [1.807, 2.05) is 0 Å². The smallest absolute Gasteiger partial charge is 0.306 e. The summed E-state index contributed by atoms with van der Waals surface area (Å²) in [7, 11) is 1.63. The first-order chi connectivity index (χ1) is 8.15. The van der Waals surface area contributed by atoms with Crippen molar-refractivity contribution in [1.29, 1.82) is 0 Å². The van der Waals surface area contributed by atoms with E-state index in [1.54, 1.807) is 7.05 Å². The summed E-state index contributed by atoms with van der Waals surface area (Å²) in [6, 6.07) is 0. The number of hydrogen-bond acceptors (Lipinski definition) is 3. The van der Waals surface area contributed by atoms with Crippen molar-refractivity contribution in [2.75, 3.05) is 20.1 Å². The predicted molar refractivity (Wildman–Crippen MR) is 64.6 cm³/mol. The van der Waals surface area contributed by atoms with Gasteiger partial charge in [-0.1, -0.05) is 6.42 Å². The molecular weight excluding hydrogens is 220 g/mol. The van der Waals surface area contributed by atoms with E-state index in [4.69, 9.17) is 5.11 Å². The molecule has 0 aromatic carbocycles. The lowest BCUT2D eigenvalue weighted by Gasteiger charge is -2.16. The molecule has 98 valence electrons. The molecule has 0 aromatic heterocycles. The number of hydrogen-bond donors (Lipinski definition) is 3. The van der Waals surface area contributed by atoms with Gasteiger partial charge in [-0.3, -0.25) is 9.59 Å². The molecule has 5 heteroatoms. The highest BCUT2D eigenvalue weighted by Crippen LogP contribution is 2.31. The standard InChI is InChI=1S/C12H22N2O3/c1-13-11(15)6-3-7-14-8-9-4-2-5-10(9)12(16)17/h9-10,14H,2-8H2,1H3,(H,13,15)(H,16,17). The average Bonchev–Trinajstić information content (AvgIpc) is 2.76. The Morgan fingerprint density at radius 3 is 2.76 bits per heavy atom. The summed E-state index contributed by atoms with van der Waals surface area (Å²) >= 11 is 0. The second-order valence-electron chi connectivity index (χ2n) is 4.62. The first-order valence-electron chi connectivity index (χ1n) is 6.29. The predicted octanol–water partition coefficient (Wildman–Crippen LogP) is 0.603. The molecule has 0 heterocycles. The van der Waals surface area contributed by atoms with E-state index in [2.05, 4.69) is 10.6 Å². The summed E-state index contributed by atoms with van der Waals surface area (Å²) in [5.41, 5.74) is 0. The Hall–Kier alpha value is -1.10. The van der Waals surface area contributed by atoms with Gasteiger partial charge in [0.2, 0.25) is 5.91 Å². The summed E-state index contributed by atoms with van der Waals surface area (Å²) in [6.45, 7) is 1.53. The summed E-state index contributed by atoms with van der Waals surface area (Å²) in [6.07, 6.45) is 4.14. The second kappa shape index (κ2) is 7.27. The molecule has 3 N–H and O–H groups in total. The fourth-order valence-electron chi connectivity index (χ4n) is 2.39. The highest BCUT2D eigenvalue weighted by Gasteiger charge is 2.32. The van der Waals surface area contributed by atoms with Crippen molar-refractivity contribution < 1.29 is 14.7 Å². The van der Waals surface area contributed by atoms with Crippen molar-refractivity contribution in [1.82, 2.24) is 10.6 Å². The summed E-state index contributed by atoms with van der Waals surface area (Å²) in [5.74, 6) is -0.537. The molecule has 1 aliphatic rings. The maximum Gasteiger partial charge on any atom is 0.306 e. The quantitative estimate of drug-likeness (QED) is 0.571. The van der Waals surface area contributed by atoms with Crippen LogP contribution >= 0.6 is 0 Å². The van der Waals surface area contributed by atoms with Crippen LogP contribution in [0.4, 0.5) is 0 Å². The number of aliphatic carboxylic acids is 1. The van der Waals surface area contributed by atoms with Gasteiger partial charge < -0.3 is 15.7 Å². The van der Waals surface area contributed by atoms with Crippen LogP contribution in [0.3, 0.4) is 0 Å². The molecule has 5 nitrogen and oxygen atoms in total. The van der Waals surface area contributed by atoms with Gasteiger partial charge in [0.25, 0.3) is 0 Å². The molecule has 0 saturated heterocycles. The zero-order valence-corrected chi connectivity index (χ0v) is 10.4. The lowest BCUT2D eigenvalue weighted by Crippen LogP contribution is -2.30. The Balaban J connectivity index is 2.10. The van der Waals surface area contributed by atoms with Gasteiger partial charge in [-0.2, -0.15) is 0 Å². The third kappa shape index (κ3) is 4.73. The van der Waals surface area contributed by atoms with Crippen molar-refractivity contribution in [2.45, 2.75) is 32.1 Å². The minimum absolute atomic E-state index is 0.0519. The van der Waals surface area contributed by atoms with Crippen LogP contribution in [-0.4, -0.2) is 37.1 Å². The van der Waals surface area contributed by atoms with E-state index in [0.29, 0.717) is 6.42 Å². The highest BCUT2D eigenvalue weighted by molar-refractivity contribution is 5.75. The van der Waals surface area contributed by atoms with Gasteiger partial charge in [0.1, 0.15) is 0 Å². The van der Waals surface area contributed by atoms with E-state index in [0.717, 1.165) is 38.8 Å². The van der Waals surface area contributed by atoms with Crippen molar-refractivity contribution in [2.24, 2.45) is 11.8 Å². The minimum atomic E-state index is -0.667. The van der Waals surface area contributed by atoms with Gasteiger partial charge >= 0.3 is 5.97 Å². The molecule has 17 heavy (non-hydrogen) atoms. The van der Waals surface area contributed by atoms with E-state index in [9.17, 15) is 9.59 Å². The molecule has 1 aliphatic carbocycles. The van der Waals surface area contributed by atoms with Crippen LogP contribution in [0.1, 0.15) is 32.1 Å². The number of nitrogens with one attached hydrogen (secondary N) is 2. The monoisotopic (exact) mass is 242 g/mol. The van der Waals surface area contributed by atoms with Gasteiger partial charge in [0, 0.05) is 13.5 Å². The molecule has 2 unspecified atom stereocenters. The lowest BCUT2D eigenvalue weighted by molar-refractivity contribution is -0.142. The van der Waals surface area contributed by atoms with Crippen LogP contribution in [0.15, 0.2) is 0 Å². The van der Waals surface area contributed by atoms with Crippen molar-refractivity contribution in [3.63, 3.8) is 0 Å². The summed E-state index contributed by atoms with van der Waals surface area (Å²) in [5, 5.41) is 14.8. The maximum absolute atomic E-state index is 11.0. The lowest BCUT2D eigenvalue weighted by atomic mass is 9.96. The van der Waals surface area contributed by atoms with Crippen molar-refractivity contribution in [3.8, 4) is 0 Å². The topological polar surface area (TPSA) is 78.4 Å². The van der Waals surface area contributed by atoms with Crippen LogP contribution < -0.4 is 10.6 Å². The minimum Gasteiger partial charge on any atom is -0.481 e. The van der Waals surface area contributed by atoms with Gasteiger partial charge in [0.15, 0.2) is 0 Å². The largest absolute Gasteiger partial charge is 0.481 e. The second-order valence-corrected chi connectivity index (χ2v) is 4.62. The average molecular weight is 242 g/mol. The molecule has 0 spiro atoms. The summed E-state index contributed by atoms with van der Waals surface area (Å²) in [4.78, 5) is 21.9. The van der Waals surface area contributed by atoms with Crippen LogP contribution in [0.5, 0.6) is 0 Å². The van der Waals surface area contributed by atoms with E-state index in [1.165, 1.54) is 0 Å². The zero-order chi connectivity index (χ0) is 12.7. The van der Waals surface area contributed by atoms with E-state index >= 15 is 0 Å². The Bertz CT molecular complexity index is 268.